The van der Waals surface area contributed by atoms with E-state index in [0.29, 0.717) is 16.0 Å². The fourth-order valence-corrected chi connectivity index (χ4v) is 7.54. The number of carbonyl (C=O) groups excluding carboxylic acids is 5. The molecular weight excluding hydrogens is 1160 g/mol. The van der Waals surface area contributed by atoms with Crippen LogP contribution in [0, 0.1) is 0 Å². The molecule has 2 amide bonds. The number of nitrogens with one attached hydrogen (secondary N) is 2. The first-order valence-electron chi connectivity index (χ1n) is 26.1. The molecule has 28 heteroatoms. The van der Waals surface area contributed by atoms with E-state index < -0.39 is 88.4 Å². The van der Waals surface area contributed by atoms with Gasteiger partial charge in [-0.1, -0.05) is 0 Å². The maximum Gasteiger partial charge on any atom is 0.433 e. The normalized spacial score (nSPS) is 13.1. The minimum atomic E-state index is -4.68. The van der Waals surface area contributed by atoms with Crippen LogP contribution in [0.1, 0.15) is 136 Å². The molecule has 3 aromatic heterocycles. The van der Waals surface area contributed by atoms with Crippen molar-refractivity contribution in [3.8, 4) is 23.0 Å². The zero-order valence-electron chi connectivity index (χ0n) is 50.4. The highest BCUT2D eigenvalue weighted by atomic mass is 32.2. The van der Waals surface area contributed by atoms with Crippen LogP contribution in [0.2, 0.25) is 0 Å². The van der Waals surface area contributed by atoms with Crippen LogP contribution in [0.4, 0.5) is 40.3 Å². The van der Waals surface area contributed by atoms with Crippen molar-refractivity contribution >= 4 is 68.8 Å². The minimum absolute atomic E-state index is 0.0265. The molecule has 470 valence electrons. The van der Waals surface area contributed by atoms with Crippen LogP contribution in [0.25, 0.3) is 33.3 Å². The fourth-order valence-electron chi connectivity index (χ4n) is 6.95. The van der Waals surface area contributed by atoms with Crippen LogP contribution in [-0.4, -0.2) is 132 Å². The first kappa shape index (κ1) is 71.9. The number of oxazole rings is 1. The fraction of sp³-hybridized carbons (Fsp3) is 0.526. The molecule has 5 rings (SSSR count). The van der Waals surface area contributed by atoms with E-state index in [1.807, 2.05) is 0 Å². The molecule has 3 heterocycles. The molecule has 0 saturated carbocycles. The number of halogens is 7. The van der Waals surface area contributed by atoms with Crippen molar-refractivity contribution in [1.29, 1.82) is 0 Å². The van der Waals surface area contributed by atoms with Crippen molar-refractivity contribution < 1.29 is 97.0 Å². The highest BCUT2D eigenvalue weighted by molar-refractivity contribution is 8.13. The van der Waals surface area contributed by atoms with E-state index in [4.69, 9.17) is 42.3 Å². The van der Waals surface area contributed by atoms with Gasteiger partial charge in [-0.05, 0) is 152 Å². The van der Waals surface area contributed by atoms with Gasteiger partial charge < -0.3 is 52.9 Å². The van der Waals surface area contributed by atoms with Crippen LogP contribution in [0.5, 0.6) is 11.5 Å². The topological polar surface area (TPSA) is 247 Å². The van der Waals surface area contributed by atoms with E-state index in [1.165, 1.54) is 56.3 Å². The minimum Gasteiger partial charge on any atom is -0.494 e. The standard InChI is InChI=1S/C28H34F3N3O7.C17H17F3N2O3S.C12H22FNO4/c1-9-38-24(35)21-22(17(14-39-26(2,3)4)32-25(36)41-27(5,6)7)40-23(34-21)16-10-12-18(37-8)20-15(16)11-13-19(33-20)28(29,30)31;1-4-25-14(23)9-21-16(26-3)11-5-7-12(24-2)15-10(11)6-8-13(22-15)17(18,19)20;1-11(2,3)17-7-8(9(13)15)14-10(16)18-12(4,5)6/h10-13,17H,9,14H2,1-8H3,(H,32,36);5-8H,4,9H2,1-3H3;8H,7H2,1-6H3,(H,14,16)/t17-;;8-/m0.0/s1. The maximum absolute atomic E-state index is 13.4. The van der Waals surface area contributed by atoms with Gasteiger partial charge in [0.2, 0.25) is 5.89 Å². The molecule has 0 unspecified atom stereocenters. The Labute approximate surface area is 492 Å². The summed E-state index contributed by atoms with van der Waals surface area (Å²) in [5.41, 5.74) is -4.25. The molecular formula is C57H73F7N6O14S. The smallest absolute Gasteiger partial charge is 0.433 e. The second-order valence-electron chi connectivity index (χ2n) is 21.9. The molecule has 0 aliphatic heterocycles. The zero-order valence-corrected chi connectivity index (χ0v) is 51.2. The Morgan fingerprint density at radius 2 is 1.11 bits per heavy atom. The van der Waals surface area contributed by atoms with Crippen molar-refractivity contribution in [2.45, 2.75) is 144 Å². The highest BCUT2D eigenvalue weighted by Gasteiger charge is 2.36. The summed E-state index contributed by atoms with van der Waals surface area (Å²) in [6.07, 6.45) is -9.13. The molecule has 20 nitrogen and oxygen atoms in total. The van der Waals surface area contributed by atoms with E-state index in [2.05, 4.69) is 30.6 Å². The van der Waals surface area contributed by atoms with Gasteiger partial charge in [-0.2, -0.15) is 30.7 Å². The Hall–Kier alpha value is -7.33. The van der Waals surface area contributed by atoms with E-state index >= 15 is 0 Å². The predicted octanol–water partition coefficient (Wildman–Crippen LogP) is 12.6. The lowest BCUT2D eigenvalue weighted by molar-refractivity contribution is -0.142. The molecule has 0 fully saturated rings. The van der Waals surface area contributed by atoms with Gasteiger partial charge in [-0.25, -0.2) is 29.3 Å². The van der Waals surface area contributed by atoms with Crippen LogP contribution >= 0.6 is 11.8 Å². The van der Waals surface area contributed by atoms with E-state index in [-0.39, 0.29) is 83.8 Å². The van der Waals surface area contributed by atoms with Gasteiger partial charge in [-0.3, -0.25) is 14.6 Å². The third-order valence-electron chi connectivity index (χ3n) is 10.4. The number of hydrogen-bond donors (Lipinski definition) is 2. The molecule has 0 bridgehead atoms. The first-order chi connectivity index (χ1) is 39.1. The quantitative estimate of drug-likeness (QED) is 0.0219. The number of thioether (sulfide) groups is 1. The van der Waals surface area contributed by atoms with Gasteiger partial charge in [0.05, 0.1) is 56.9 Å². The van der Waals surface area contributed by atoms with Crippen LogP contribution in [0.3, 0.4) is 0 Å². The lowest BCUT2D eigenvalue weighted by Gasteiger charge is -2.26. The number of benzene rings is 2. The third-order valence-corrected chi connectivity index (χ3v) is 11.2. The maximum atomic E-state index is 13.4. The Balaban J connectivity index is 0.000000367. The largest absolute Gasteiger partial charge is 0.494 e. The van der Waals surface area contributed by atoms with Gasteiger partial charge in [0.1, 0.15) is 63.8 Å². The summed E-state index contributed by atoms with van der Waals surface area (Å²) >= 11 is 1.27. The first-order valence-corrected chi connectivity index (χ1v) is 27.4. The number of carbonyl (C=O) groups is 5. The van der Waals surface area contributed by atoms with Crippen LogP contribution in [0.15, 0.2) is 57.9 Å². The highest BCUT2D eigenvalue weighted by Crippen LogP contribution is 2.39. The van der Waals surface area contributed by atoms with Crippen LogP contribution in [-0.2, 0) is 50.4 Å². The summed E-state index contributed by atoms with van der Waals surface area (Å²) in [4.78, 5) is 75.4. The second-order valence-corrected chi connectivity index (χ2v) is 22.7. The van der Waals surface area contributed by atoms with E-state index in [1.54, 1.807) is 109 Å². The molecule has 5 aromatic rings. The molecule has 2 atom stereocenters. The number of alkyl halides is 6. The predicted molar refractivity (Wildman–Crippen MR) is 302 cm³/mol. The average molecular weight is 1230 g/mol. The van der Waals surface area contributed by atoms with Crippen molar-refractivity contribution in [2.24, 2.45) is 4.99 Å². The number of ether oxygens (including phenoxy) is 8. The van der Waals surface area contributed by atoms with Gasteiger partial charge in [0.25, 0.3) is 0 Å². The van der Waals surface area contributed by atoms with Crippen molar-refractivity contribution in [3.63, 3.8) is 0 Å². The summed E-state index contributed by atoms with van der Waals surface area (Å²) in [6.45, 7) is 23.8. The van der Waals surface area contributed by atoms with Gasteiger partial charge in [-0.15, -0.1) is 11.8 Å². The number of rotatable bonds is 17. The molecule has 2 N–H and O–H groups in total. The number of nitrogens with zero attached hydrogens (tertiary/aromatic N) is 4. The Morgan fingerprint density at radius 1 is 0.624 bits per heavy atom. The van der Waals surface area contributed by atoms with Crippen molar-refractivity contribution in [3.05, 3.63) is 76.9 Å². The summed E-state index contributed by atoms with van der Waals surface area (Å²) in [5, 5.41) is 5.97. The average Bonchev–Trinajstić information content (AvgIpc) is 1.95. The van der Waals surface area contributed by atoms with Gasteiger partial charge in [0.15, 0.2) is 11.5 Å². The molecule has 2 aromatic carbocycles. The molecule has 85 heavy (non-hydrogen) atoms. The Bertz CT molecular complexity index is 3140. The SMILES string of the molecule is CC(C)(C)OC[C@H](NC(=O)OC(C)(C)C)C(=O)F.CCOC(=O)CN=C(SC)c1ccc(OC)c2nc(C(F)(F)F)ccc12.CCOC(=O)c1nc(-c2ccc(OC)c3nc(C(F)(F)F)ccc23)oc1[C@H](COC(C)(C)C)NC(=O)OC(C)(C)C. The molecule has 0 spiro atoms. The number of pyridine rings is 2. The van der Waals surface area contributed by atoms with E-state index in [9.17, 15) is 54.7 Å². The monoisotopic (exact) mass is 1230 g/mol. The number of hydrogen-bond acceptors (Lipinski definition) is 19. The van der Waals surface area contributed by atoms with E-state index in [0.717, 1.165) is 12.1 Å². The number of fused-ring (bicyclic) bond motifs is 2. The number of aromatic nitrogens is 3. The summed E-state index contributed by atoms with van der Waals surface area (Å²) in [6, 6.07) is 6.36. The van der Waals surface area contributed by atoms with Crippen molar-refractivity contribution in [1.82, 2.24) is 25.6 Å². The number of methoxy groups -OCH3 is 2. The number of amides is 2. The summed E-state index contributed by atoms with van der Waals surface area (Å²) in [5.74, 6) is -1.20. The molecule has 0 saturated heterocycles. The Morgan fingerprint density at radius 3 is 1.56 bits per heavy atom. The summed E-state index contributed by atoms with van der Waals surface area (Å²) in [7, 11) is 2.67. The van der Waals surface area contributed by atoms with Gasteiger partial charge >= 0.3 is 42.5 Å². The molecule has 0 aliphatic rings. The Kier molecular flexibility index (Phi) is 25.5. The lowest BCUT2D eigenvalue weighted by atomic mass is 10.1. The number of esters is 2. The lowest BCUT2D eigenvalue weighted by Crippen LogP contribution is -2.46. The third kappa shape index (κ3) is 23.2. The number of aliphatic imine (C=N–C) groups is 1. The second kappa shape index (κ2) is 30.1. The zero-order chi connectivity index (χ0) is 64.6. The van der Waals surface area contributed by atoms with Crippen molar-refractivity contribution in [2.75, 3.05) is 53.4 Å². The number of alkyl carbamates (subject to hydrolysis) is 2. The summed E-state index contributed by atoms with van der Waals surface area (Å²) < 4.78 is 140. The molecule has 0 radical (unpaired) electrons. The van der Waals surface area contributed by atoms with Gasteiger partial charge in [0, 0.05) is 21.9 Å². The van der Waals surface area contributed by atoms with Crippen LogP contribution < -0.4 is 20.1 Å². The molecule has 0 aliphatic carbocycles.